The van der Waals surface area contributed by atoms with Crippen molar-refractivity contribution in [2.75, 3.05) is 0 Å². The molecule has 0 radical (unpaired) electrons. The number of aromatic nitrogens is 1. The Balaban J connectivity index is 2.96. The third-order valence-electron chi connectivity index (χ3n) is 1.41. The predicted octanol–water partition coefficient (Wildman–Crippen LogP) is 0.512. The molecule has 0 aliphatic rings. The monoisotopic (exact) mass is 191 g/mol. The van der Waals surface area contributed by atoms with Gasteiger partial charge in [-0.1, -0.05) is 11.8 Å². The van der Waals surface area contributed by atoms with E-state index in [0.717, 1.165) is 0 Å². The van der Waals surface area contributed by atoms with E-state index in [0.29, 0.717) is 5.56 Å². The van der Waals surface area contributed by atoms with Crippen LogP contribution in [0.5, 0.6) is 0 Å². The van der Waals surface area contributed by atoms with Crippen LogP contribution in [0.3, 0.4) is 0 Å². The van der Waals surface area contributed by atoms with Gasteiger partial charge in [-0.3, -0.25) is 4.98 Å². The standard InChI is InChI=1S/C10H9NO3/c1-7(12)2-3-8-4-9(10(13)14)6-11-5-8/h4-7,12H,1H3,(H,13,14)/t7-/m1/s1. The Labute approximate surface area is 81.2 Å². The van der Waals surface area contributed by atoms with Crippen LogP contribution in [0.4, 0.5) is 0 Å². The summed E-state index contributed by atoms with van der Waals surface area (Å²) in [6, 6.07) is 1.41. The van der Waals surface area contributed by atoms with Gasteiger partial charge < -0.3 is 10.2 Å². The number of hydrogen-bond acceptors (Lipinski definition) is 3. The summed E-state index contributed by atoms with van der Waals surface area (Å²) >= 11 is 0. The van der Waals surface area contributed by atoms with E-state index in [2.05, 4.69) is 16.8 Å². The Hall–Kier alpha value is -1.86. The first-order chi connectivity index (χ1) is 6.59. The SMILES string of the molecule is C[C@@H](O)C#Cc1cncc(C(=O)O)c1. The minimum absolute atomic E-state index is 0.0855. The van der Waals surface area contributed by atoms with Gasteiger partial charge >= 0.3 is 5.97 Å². The first-order valence-corrected chi connectivity index (χ1v) is 3.97. The number of aromatic carboxylic acids is 1. The van der Waals surface area contributed by atoms with Crippen LogP contribution in [0, 0.1) is 11.8 Å². The van der Waals surface area contributed by atoms with Crippen molar-refractivity contribution < 1.29 is 15.0 Å². The van der Waals surface area contributed by atoms with E-state index < -0.39 is 12.1 Å². The molecule has 0 unspecified atom stereocenters. The van der Waals surface area contributed by atoms with E-state index >= 15 is 0 Å². The molecule has 0 bridgehead atoms. The second kappa shape index (κ2) is 4.40. The molecule has 0 saturated carbocycles. The maximum atomic E-state index is 10.6. The minimum Gasteiger partial charge on any atom is -0.478 e. The summed E-state index contributed by atoms with van der Waals surface area (Å²) in [6.07, 6.45) is 1.96. The van der Waals surface area contributed by atoms with Crippen LogP contribution >= 0.6 is 0 Å². The van der Waals surface area contributed by atoms with Crippen molar-refractivity contribution in [1.29, 1.82) is 0 Å². The van der Waals surface area contributed by atoms with E-state index in [1.54, 1.807) is 0 Å². The van der Waals surface area contributed by atoms with Gasteiger partial charge in [0.15, 0.2) is 0 Å². The third kappa shape index (κ3) is 2.88. The lowest BCUT2D eigenvalue weighted by molar-refractivity contribution is 0.0696. The van der Waals surface area contributed by atoms with Crippen molar-refractivity contribution >= 4 is 5.97 Å². The fourth-order valence-electron chi connectivity index (χ4n) is 0.813. The summed E-state index contributed by atoms with van der Waals surface area (Å²) in [7, 11) is 0. The number of rotatable bonds is 1. The van der Waals surface area contributed by atoms with Crippen molar-refractivity contribution in [3.8, 4) is 11.8 Å². The molecule has 1 aromatic rings. The molecular formula is C10H9NO3. The van der Waals surface area contributed by atoms with Crippen LogP contribution in [0.1, 0.15) is 22.8 Å². The molecule has 0 aliphatic carbocycles. The van der Waals surface area contributed by atoms with Gasteiger partial charge in [-0.05, 0) is 13.0 Å². The molecule has 2 N–H and O–H groups in total. The normalized spacial score (nSPS) is 11.3. The van der Waals surface area contributed by atoms with E-state index in [1.165, 1.54) is 25.4 Å². The van der Waals surface area contributed by atoms with Crippen LogP contribution in [0.2, 0.25) is 0 Å². The lowest BCUT2D eigenvalue weighted by Gasteiger charge is -1.94. The number of pyridine rings is 1. The Bertz CT molecular complexity index is 401. The highest BCUT2D eigenvalue weighted by Gasteiger charge is 2.02. The molecule has 1 rings (SSSR count). The largest absolute Gasteiger partial charge is 0.478 e. The summed E-state index contributed by atoms with van der Waals surface area (Å²) in [5.74, 6) is 4.07. The highest BCUT2D eigenvalue weighted by atomic mass is 16.4. The average Bonchev–Trinajstić information content (AvgIpc) is 2.15. The van der Waals surface area contributed by atoms with Gasteiger partial charge in [0.2, 0.25) is 0 Å². The van der Waals surface area contributed by atoms with Crippen LogP contribution in [-0.4, -0.2) is 27.3 Å². The molecule has 1 atom stereocenters. The molecular weight excluding hydrogens is 182 g/mol. The summed E-state index contributed by atoms with van der Waals surface area (Å²) < 4.78 is 0. The van der Waals surface area contributed by atoms with E-state index in [-0.39, 0.29) is 5.56 Å². The zero-order valence-corrected chi connectivity index (χ0v) is 7.56. The molecule has 1 heterocycles. The number of carboxylic acid groups (broad SMARTS) is 1. The van der Waals surface area contributed by atoms with Crippen molar-refractivity contribution in [2.45, 2.75) is 13.0 Å². The molecule has 0 spiro atoms. The Morgan fingerprint density at radius 2 is 2.29 bits per heavy atom. The van der Waals surface area contributed by atoms with Crippen molar-refractivity contribution in [2.24, 2.45) is 0 Å². The number of carbonyl (C=O) groups is 1. The molecule has 14 heavy (non-hydrogen) atoms. The second-order valence-electron chi connectivity index (χ2n) is 2.71. The Morgan fingerprint density at radius 3 is 2.86 bits per heavy atom. The lowest BCUT2D eigenvalue weighted by atomic mass is 10.2. The van der Waals surface area contributed by atoms with Crippen molar-refractivity contribution in [1.82, 2.24) is 4.98 Å². The highest BCUT2D eigenvalue weighted by molar-refractivity contribution is 5.87. The van der Waals surface area contributed by atoms with Crippen LogP contribution in [-0.2, 0) is 0 Å². The number of nitrogens with zero attached hydrogens (tertiary/aromatic N) is 1. The summed E-state index contributed by atoms with van der Waals surface area (Å²) in [4.78, 5) is 14.3. The molecule has 1 aromatic heterocycles. The number of carboxylic acids is 1. The minimum atomic E-state index is -1.04. The van der Waals surface area contributed by atoms with E-state index in [4.69, 9.17) is 10.2 Å². The first-order valence-electron chi connectivity index (χ1n) is 3.97. The molecule has 72 valence electrons. The quantitative estimate of drug-likeness (QED) is 0.634. The zero-order valence-electron chi connectivity index (χ0n) is 7.56. The zero-order chi connectivity index (χ0) is 10.6. The van der Waals surface area contributed by atoms with Gasteiger partial charge in [-0.2, -0.15) is 0 Å². The average molecular weight is 191 g/mol. The molecule has 4 heteroatoms. The van der Waals surface area contributed by atoms with Gasteiger partial charge in [0.25, 0.3) is 0 Å². The second-order valence-corrected chi connectivity index (χ2v) is 2.71. The smallest absolute Gasteiger partial charge is 0.337 e. The van der Waals surface area contributed by atoms with Gasteiger partial charge in [-0.25, -0.2) is 4.79 Å². The summed E-state index contributed by atoms with van der Waals surface area (Å²) in [5, 5.41) is 17.5. The highest BCUT2D eigenvalue weighted by Crippen LogP contribution is 2.01. The lowest BCUT2D eigenvalue weighted by Crippen LogP contribution is -1.98. The summed E-state index contributed by atoms with van der Waals surface area (Å²) in [5.41, 5.74) is 0.563. The van der Waals surface area contributed by atoms with Gasteiger partial charge in [0.05, 0.1) is 5.56 Å². The van der Waals surface area contributed by atoms with Crippen molar-refractivity contribution in [3.05, 3.63) is 29.6 Å². The molecule has 0 aromatic carbocycles. The summed E-state index contributed by atoms with van der Waals surface area (Å²) in [6.45, 7) is 1.53. The molecule has 4 nitrogen and oxygen atoms in total. The fraction of sp³-hybridized carbons (Fsp3) is 0.200. The van der Waals surface area contributed by atoms with Gasteiger partial charge in [0.1, 0.15) is 6.10 Å². The van der Waals surface area contributed by atoms with Crippen LogP contribution in [0.25, 0.3) is 0 Å². The third-order valence-corrected chi connectivity index (χ3v) is 1.41. The van der Waals surface area contributed by atoms with Crippen LogP contribution in [0.15, 0.2) is 18.5 Å². The number of hydrogen-bond donors (Lipinski definition) is 2. The Morgan fingerprint density at radius 1 is 1.57 bits per heavy atom. The van der Waals surface area contributed by atoms with Crippen molar-refractivity contribution in [3.63, 3.8) is 0 Å². The van der Waals surface area contributed by atoms with Gasteiger partial charge in [0, 0.05) is 18.0 Å². The molecule has 0 amide bonds. The van der Waals surface area contributed by atoms with Crippen LogP contribution < -0.4 is 0 Å². The molecule has 0 saturated heterocycles. The maximum absolute atomic E-state index is 10.6. The predicted molar refractivity (Wildman–Crippen MR) is 49.8 cm³/mol. The van der Waals surface area contributed by atoms with Gasteiger partial charge in [-0.15, -0.1) is 0 Å². The Kier molecular flexibility index (Phi) is 3.21. The topological polar surface area (TPSA) is 70.4 Å². The van der Waals surface area contributed by atoms with E-state index in [1.807, 2.05) is 0 Å². The maximum Gasteiger partial charge on any atom is 0.337 e. The number of aliphatic hydroxyl groups excluding tert-OH is 1. The molecule has 0 aliphatic heterocycles. The van der Waals surface area contributed by atoms with E-state index in [9.17, 15) is 4.79 Å². The molecule has 0 fully saturated rings. The first kappa shape index (κ1) is 10.2. The fourth-order valence-corrected chi connectivity index (χ4v) is 0.813. The number of aliphatic hydroxyl groups is 1.